The second-order valence-electron chi connectivity index (χ2n) is 4.25. The Morgan fingerprint density at radius 3 is 2.29 bits per heavy atom. The predicted molar refractivity (Wildman–Crippen MR) is 83.5 cm³/mol. The summed E-state index contributed by atoms with van der Waals surface area (Å²) in [4.78, 5) is 0.170. The molecule has 2 rings (SSSR count). The van der Waals surface area contributed by atoms with Crippen molar-refractivity contribution in [2.75, 3.05) is 7.11 Å². The van der Waals surface area contributed by atoms with Crippen LogP contribution in [0, 0.1) is 0 Å². The lowest BCUT2D eigenvalue weighted by molar-refractivity contribution is 0.414. The Balaban J connectivity index is 2.11. The molecule has 0 aliphatic rings. The number of rotatable bonds is 5. The van der Waals surface area contributed by atoms with Crippen molar-refractivity contribution in [2.24, 2.45) is 0 Å². The molecule has 0 aliphatic heterocycles. The van der Waals surface area contributed by atoms with Gasteiger partial charge in [0.2, 0.25) is 10.0 Å². The summed E-state index contributed by atoms with van der Waals surface area (Å²) < 4.78 is 31.8. The van der Waals surface area contributed by atoms with Gasteiger partial charge in [-0.1, -0.05) is 29.3 Å². The van der Waals surface area contributed by atoms with Crippen molar-refractivity contribution >= 4 is 33.2 Å². The summed E-state index contributed by atoms with van der Waals surface area (Å²) in [5.74, 6) is 0.596. The van der Waals surface area contributed by atoms with E-state index in [1.165, 1.54) is 19.2 Å². The van der Waals surface area contributed by atoms with Gasteiger partial charge in [-0.15, -0.1) is 0 Å². The Labute approximate surface area is 133 Å². The lowest BCUT2D eigenvalue weighted by Gasteiger charge is -2.08. The average Bonchev–Trinajstić information content (AvgIpc) is 2.48. The second kappa shape index (κ2) is 6.66. The standard InChI is InChI=1S/C14H13Cl2NO3S/c1-20-11-3-5-12(6-4-11)21(18,19)17-9-10-2-7-13(15)14(16)8-10/h2-8,17H,9H2,1H3. The molecule has 0 aliphatic carbocycles. The Morgan fingerprint density at radius 1 is 1.05 bits per heavy atom. The summed E-state index contributed by atoms with van der Waals surface area (Å²) in [6.07, 6.45) is 0. The monoisotopic (exact) mass is 345 g/mol. The molecule has 0 bridgehead atoms. The zero-order chi connectivity index (χ0) is 15.5. The third kappa shape index (κ3) is 4.11. The van der Waals surface area contributed by atoms with Gasteiger partial charge in [0, 0.05) is 6.54 Å². The van der Waals surface area contributed by atoms with Gasteiger partial charge in [0.15, 0.2) is 0 Å². The molecular weight excluding hydrogens is 333 g/mol. The summed E-state index contributed by atoms with van der Waals surface area (Å²) in [5, 5.41) is 0.816. The molecule has 0 saturated heterocycles. The van der Waals surface area contributed by atoms with Crippen LogP contribution in [0.2, 0.25) is 10.0 Å². The molecule has 7 heteroatoms. The fourth-order valence-electron chi connectivity index (χ4n) is 1.67. The number of halogens is 2. The lowest BCUT2D eigenvalue weighted by atomic mass is 10.2. The van der Waals surface area contributed by atoms with Crippen LogP contribution in [-0.4, -0.2) is 15.5 Å². The molecule has 0 fully saturated rings. The lowest BCUT2D eigenvalue weighted by Crippen LogP contribution is -2.23. The van der Waals surface area contributed by atoms with E-state index in [1.54, 1.807) is 30.3 Å². The van der Waals surface area contributed by atoms with Gasteiger partial charge >= 0.3 is 0 Å². The molecule has 0 aromatic heterocycles. The highest BCUT2D eigenvalue weighted by molar-refractivity contribution is 7.89. The number of hydrogen-bond acceptors (Lipinski definition) is 3. The molecule has 0 radical (unpaired) electrons. The number of ether oxygens (including phenoxy) is 1. The average molecular weight is 346 g/mol. The second-order valence-corrected chi connectivity index (χ2v) is 6.83. The van der Waals surface area contributed by atoms with E-state index in [2.05, 4.69) is 4.72 Å². The van der Waals surface area contributed by atoms with E-state index in [0.717, 1.165) is 5.56 Å². The van der Waals surface area contributed by atoms with Gasteiger partial charge in [-0.25, -0.2) is 13.1 Å². The fourth-order valence-corrected chi connectivity index (χ4v) is 3.00. The first kappa shape index (κ1) is 16.1. The first-order valence-electron chi connectivity index (χ1n) is 6.00. The van der Waals surface area contributed by atoms with Crippen molar-refractivity contribution in [1.29, 1.82) is 0 Å². The van der Waals surface area contributed by atoms with Crippen LogP contribution in [0.1, 0.15) is 5.56 Å². The van der Waals surface area contributed by atoms with Gasteiger partial charge in [0.1, 0.15) is 5.75 Å². The topological polar surface area (TPSA) is 55.4 Å². The zero-order valence-electron chi connectivity index (χ0n) is 11.1. The van der Waals surface area contributed by atoms with Crippen molar-refractivity contribution in [1.82, 2.24) is 4.72 Å². The Kier molecular flexibility index (Phi) is 5.11. The highest BCUT2D eigenvalue weighted by Crippen LogP contribution is 2.23. The highest BCUT2D eigenvalue weighted by atomic mass is 35.5. The highest BCUT2D eigenvalue weighted by Gasteiger charge is 2.13. The van der Waals surface area contributed by atoms with Crippen LogP contribution in [0.4, 0.5) is 0 Å². The van der Waals surface area contributed by atoms with Gasteiger partial charge in [-0.3, -0.25) is 0 Å². The van der Waals surface area contributed by atoms with E-state index in [9.17, 15) is 8.42 Å². The maximum absolute atomic E-state index is 12.1. The van der Waals surface area contributed by atoms with Crippen LogP contribution in [0.15, 0.2) is 47.4 Å². The molecule has 0 amide bonds. The molecule has 2 aromatic carbocycles. The summed E-state index contributed by atoms with van der Waals surface area (Å²) in [6.45, 7) is 0.130. The molecule has 0 saturated carbocycles. The van der Waals surface area contributed by atoms with E-state index in [1.807, 2.05) is 0 Å². The van der Waals surface area contributed by atoms with Crippen LogP contribution in [0.3, 0.4) is 0 Å². The first-order chi connectivity index (χ1) is 9.92. The number of hydrogen-bond donors (Lipinski definition) is 1. The minimum Gasteiger partial charge on any atom is -0.497 e. The molecule has 0 unspecified atom stereocenters. The molecule has 1 N–H and O–H groups in total. The number of nitrogens with one attached hydrogen (secondary N) is 1. The smallest absolute Gasteiger partial charge is 0.240 e. The van der Waals surface area contributed by atoms with E-state index in [4.69, 9.17) is 27.9 Å². The van der Waals surface area contributed by atoms with Gasteiger partial charge in [0.05, 0.1) is 22.1 Å². The summed E-state index contributed by atoms with van der Waals surface area (Å²) in [7, 11) is -2.07. The molecule has 0 spiro atoms. The molecule has 0 heterocycles. The van der Waals surface area contributed by atoms with E-state index >= 15 is 0 Å². The molecule has 2 aromatic rings. The molecule has 112 valence electrons. The van der Waals surface area contributed by atoms with Crippen molar-refractivity contribution in [2.45, 2.75) is 11.4 Å². The van der Waals surface area contributed by atoms with Gasteiger partial charge in [-0.05, 0) is 42.0 Å². The maximum atomic E-state index is 12.1. The summed E-state index contributed by atoms with van der Waals surface area (Å²) in [5.41, 5.74) is 0.724. The SMILES string of the molecule is COc1ccc(S(=O)(=O)NCc2ccc(Cl)c(Cl)c2)cc1. The van der Waals surface area contributed by atoms with Crippen LogP contribution in [0.25, 0.3) is 0 Å². The predicted octanol–water partition coefficient (Wildman–Crippen LogP) is 3.48. The summed E-state index contributed by atoms with van der Waals surface area (Å²) in [6, 6.07) is 11.1. The van der Waals surface area contributed by atoms with Crippen LogP contribution in [0.5, 0.6) is 5.75 Å². The number of methoxy groups -OCH3 is 1. The van der Waals surface area contributed by atoms with Crippen LogP contribution >= 0.6 is 23.2 Å². The number of sulfonamides is 1. The minimum absolute atomic E-state index is 0.130. The van der Waals surface area contributed by atoms with Gasteiger partial charge in [-0.2, -0.15) is 0 Å². The summed E-state index contributed by atoms with van der Waals surface area (Å²) >= 11 is 11.7. The van der Waals surface area contributed by atoms with E-state index < -0.39 is 10.0 Å². The fraction of sp³-hybridized carbons (Fsp3) is 0.143. The Hall–Kier alpha value is -1.27. The zero-order valence-corrected chi connectivity index (χ0v) is 13.5. The first-order valence-corrected chi connectivity index (χ1v) is 8.24. The molecular formula is C14H13Cl2NO3S. The third-order valence-corrected chi connectivity index (χ3v) is 4.98. The molecule has 4 nitrogen and oxygen atoms in total. The quantitative estimate of drug-likeness (QED) is 0.902. The van der Waals surface area contributed by atoms with Crippen molar-refractivity contribution in [3.05, 3.63) is 58.1 Å². The van der Waals surface area contributed by atoms with E-state index in [-0.39, 0.29) is 11.4 Å². The molecule has 21 heavy (non-hydrogen) atoms. The van der Waals surface area contributed by atoms with Crippen molar-refractivity contribution in [3.63, 3.8) is 0 Å². The van der Waals surface area contributed by atoms with Crippen LogP contribution < -0.4 is 9.46 Å². The minimum atomic E-state index is -3.59. The maximum Gasteiger partial charge on any atom is 0.240 e. The normalized spacial score (nSPS) is 11.4. The van der Waals surface area contributed by atoms with Crippen molar-refractivity contribution < 1.29 is 13.2 Å². The number of benzene rings is 2. The van der Waals surface area contributed by atoms with Crippen LogP contribution in [-0.2, 0) is 16.6 Å². The third-order valence-electron chi connectivity index (χ3n) is 2.82. The Morgan fingerprint density at radius 2 is 1.71 bits per heavy atom. The Bertz CT molecular complexity index is 730. The van der Waals surface area contributed by atoms with Crippen molar-refractivity contribution in [3.8, 4) is 5.75 Å². The van der Waals surface area contributed by atoms with E-state index in [0.29, 0.717) is 15.8 Å². The largest absolute Gasteiger partial charge is 0.497 e. The molecule has 0 atom stereocenters. The van der Waals surface area contributed by atoms with Gasteiger partial charge in [0.25, 0.3) is 0 Å². The van der Waals surface area contributed by atoms with Gasteiger partial charge < -0.3 is 4.74 Å².